The van der Waals surface area contributed by atoms with Gasteiger partial charge in [0.2, 0.25) is 0 Å². The van der Waals surface area contributed by atoms with Crippen LogP contribution in [-0.2, 0) is 14.3 Å². The number of piperidine rings is 1. The Morgan fingerprint density at radius 1 is 1.00 bits per heavy atom. The monoisotopic (exact) mass is 621 g/mol. The molecule has 9 heteroatoms. The van der Waals surface area contributed by atoms with Crippen LogP contribution in [0.25, 0.3) is 11.3 Å². The molecule has 0 radical (unpaired) electrons. The summed E-state index contributed by atoms with van der Waals surface area (Å²) in [4.78, 5) is 25.5. The van der Waals surface area contributed by atoms with Crippen LogP contribution in [-0.4, -0.2) is 53.9 Å². The van der Waals surface area contributed by atoms with Crippen molar-refractivity contribution in [1.29, 1.82) is 0 Å². The Morgan fingerprint density at radius 2 is 1.69 bits per heavy atom. The third kappa shape index (κ3) is 9.16. The predicted octanol–water partition coefficient (Wildman–Crippen LogP) is 7.79. The molecule has 0 aliphatic carbocycles. The Labute approximate surface area is 267 Å². The highest BCUT2D eigenvalue weighted by Gasteiger charge is 2.37. The van der Waals surface area contributed by atoms with Crippen LogP contribution in [0.4, 0.5) is 10.1 Å². The lowest BCUT2D eigenvalue weighted by Gasteiger charge is -2.41. The molecule has 0 saturated carbocycles. The van der Waals surface area contributed by atoms with Gasteiger partial charge in [0.1, 0.15) is 30.5 Å². The van der Waals surface area contributed by atoms with Crippen LogP contribution in [0.2, 0.25) is 0 Å². The molecule has 0 N–H and O–H groups in total. The van der Waals surface area contributed by atoms with Gasteiger partial charge in [0.15, 0.2) is 6.10 Å². The molecule has 1 aliphatic heterocycles. The van der Waals surface area contributed by atoms with Gasteiger partial charge in [-0.15, -0.1) is 0 Å². The second kappa shape index (κ2) is 14.1. The van der Waals surface area contributed by atoms with Gasteiger partial charge < -0.3 is 23.8 Å². The molecule has 0 spiro atoms. The van der Waals surface area contributed by atoms with Crippen molar-refractivity contribution < 1.29 is 28.1 Å². The molecular formula is C36H48FN3O5. The highest BCUT2D eigenvalue weighted by Crippen LogP contribution is 2.43. The lowest BCUT2D eigenvalue weighted by Crippen LogP contribution is -2.39. The maximum Gasteiger partial charge on any atom is 0.340 e. The van der Waals surface area contributed by atoms with Crippen LogP contribution in [0.15, 0.2) is 42.7 Å². The second-order valence-electron chi connectivity index (χ2n) is 13.8. The van der Waals surface area contributed by atoms with E-state index < -0.39 is 17.7 Å². The first kappa shape index (κ1) is 34.2. The van der Waals surface area contributed by atoms with Crippen LogP contribution < -0.4 is 14.4 Å². The fourth-order valence-electron chi connectivity index (χ4n) is 5.37. The summed E-state index contributed by atoms with van der Waals surface area (Å²) in [5.41, 5.74) is 4.20. The lowest BCUT2D eigenvalue weighted by atomic mass is 9.82. The highest BCUT2D eigenvalue weighted by atomic mass is 19.1. The van der Waals surface area contributed by atoms with Crippen molar-refractivity contribution in [1.82, 2.24) is 9.97 Å². The number of aryl methyl sites for hydroxylation is 2. The second-order valence-corrected chi connectivity index (χ2v) is 13.8. The maximum atomic E-state index is 13.6. The summed E-state index contributed by atoms with van der Waals surface area (Å²) >= 11 is 0. The summed E-state index contributed by atoms with van der Waals surface area (Å²) in [6, 6.07) is 8.20. The minimum absolute atomic E-state index is 0.229. The maximum absolute atomic E-state index is 13.6. The summed E-state index contributed by atoms with van der Waals surface area (Å²) in [6.45, 7) is 20.0. The number of rotatable bonds is 11. The molecule has 4 rings (SSSR count). The molecule has 3 heterocycles. The molecule has 3 aromatic rings. The van der Waals surface area contributed by atoms with Crippen molar-refractivity contribution in [3.8, 4) is 22.8 Å². The van der Waals surface area contributed by atoms with Crippen molar-refractivity contribution in [3.05, 3.63) is 65.4 Å². The summed E-state index contributed by atoms with van der Waals surface area (Å²) < 4.78 is 37.2. The van der Waals surface area contributed by atoms with Gasteiger partial charge in [-0.1, -0.05) is 13.8 Å². The number of ether oxygens (including phenoxy) is 4. The first-order chi connectivity index (χ1) is 21.1. The third-order valence-electron chi connectivity index (χ3n) is 7.78. The Hall–Kier alpha value is -3.72. The Kier molecular flexibility index (Phi) is 10.7. The molecule has 8 nitrogen and oxygen atoms in total. The van der Waals surface area contributed by atoms with Crippen molar-refractivity contribution in [2.45, 2.75) is 93.0 Å². The number of hydrogen-bond donors (Lipinski definition) is 0. The number of carbonyl (C=O) groups is 1. The van der Waals surface area contributed by atoms with Gasteiger partial charge >= 0.3 is 5.97 Å². The highest BCUT2D eigenvalue weighted by molar-refractivity contribution is 5.86. The predicted molar refractivity (Wildman–Crippen MR) is 174 cm³/mol. The van der Waals surface area contributed by atoms with E-state index in [4.69, 9.17) is 28.9 Å². The smallest absolute Gasteiger partial charge is 0.340 e. The van der Waals surface area contributed by atoms with Gasteiger partial charge in [-0.05, 0) is 103 Å². The van der Waals surface area contributed by atoms with E-state index in [1.54, 1.807) is 19.2 Å². The summed E-state index contributed by atoms with van der Waals surface area (Å²) in [5, 5.41) is 0. The molecule has 1 fully saturated rings. The minimum Gasteiger partial charge on any atom is -0.490 e. The average Bonchev–Trinajstić information content (AvgIpc) is 2.95. The number of aromatic nitrogens is 2. The number of pyridine rings is 2. The van der Waals surface area contributed by atoms with Crippen LogP contribution in [0, 0.1) is 25.1 Å². The molecule has 45 heavy (non-hydrogen) atoms. The fourth-order valence-corrected chi connectivity index (χ4v) is 5.37. The molecule has 0 amide bonds. The van der Waals surface area contributed by atoms with E-state index in [1.807, 2.05) is 59.9 Å². The topological polar surface area (TPSA) is 83.0 Å². The van der Waals surface area contributed by atoms with E-state index in [1.165, 1.54) is 12.1 Å². The molecule has 1 atom stereocenters. The summed E-state index contributed by atoms with van der Waals surface area (Å²) in [6.07, 6.45) is 4.27. The van der Waals surface area contributed by atoms with E-state index in [0.29, 0.717) is 41.7 Å². The largest absolute Gasteiger partial charge is 0.490 e. The van der Waals surface area contributed by atoms with Crippen molar-refractivity contribution in [2.75, 3.05) is 31.2 Å². The molecule has 244 valence electrons. The van der Waals surface area contributed by atoms with Crippen LogP contribution in [0.1, 0.15) is 84.2 Å². The Balaban J connectivity index is 1.65. The first-order valence-electron chi connectivity index (χ1n) is 15.7. The Bertz CT molecular complexity index is 1460. The van der Waals surface area contributed by atoms with Crippen LogP contribution in [0.5, 0.6) is 11.5 Å². The number of carbonyl (C=O) groups excluding carboxylic acids is 1. The van der Waals surface area contributed by atoms with Gasteiger partial charge in [-0.25, -0.2) is 9.18 Å². The van der Waals surface area contributed by atoms with E-state index in [-0.39, 0.29) is 17.3 Å². The first-order valence-corrected chi connectivity index (χ1v) is 15.7. The average molecular weight is 622 g/mol. The number of benzene rings is 1. The standard InChI is InChI=1S/C36H48FN3O5/c1-23(2)44-34(41)33(45-35(5,6)7)31-25(4)38-22-28(32(31)40-16-14-36(8,9)15-17-40)29-12-11-27(21-39-29)42-18-19-43-30-13-10-26(37)20-24(30)3/h10-13,20-23,33H,14-19H2,1-9H3/t33-/m0/s1. The molecule has 1 aromatic carbocycles. The molecule has 0 bridgehead atoms. The number of hydrogen-bond acceptors (Lipinski definition) is 8. The normalized spacial score (nSPS) is 15.6. The Morgan fingerprint density at radius 3 is 2.29 bits per heavy atom. The number of halogens is 1. The van der Waals surface area contributed by atoms with E-state index >= 15 is 0 Å². The zero-order valence-electron chi connectivity index (χ0n) is 28.2. The SMILES string of the molecule is Cc1cc(F)ccc1OCCOc1ccc(-c2cnc(C)c([C@H](OC(C)(C)C)C(=O)OC(C)C)c2N2CCC(C)(C)CC2)nc1. The van der Waals surface area contributed by atoms with Crippen molar-refractivity contribution >= 4 is 11.7 Å². The van der Waals surface area contributed by atoms with Gasteiger partial charge in [0, 0.05) is 36.1 Å². The van der Waals surface area contributed by atoms with Crippen molar-refractivity contribution in [2.24, 2.45) is 5.41 Å². The molecule has 2 aromatic heterocycles. The van der Waals surface area contributed by atoms with Gasteiger partial charge in [0.05, 0.1) is 29.3 Å². The molecule has 1 saturated heterocycles. The molecule has 0 unspecified atom stereocenters. The molecular weight excluding hydrogens is 573 g/mol. The zero-order chi connectivity index (χ0) is 32.9. The fraction of sp³-hybridized carbons (Fsp3) is 0.528. The number of nitrogens with zero attached hydrogens (tertiary/aromatic N) is 3. The van der Waals surface area contributed by atoms with Gasteiger partial charge in [0.25, 0.3) is 0 Å². The number of anilines is 1. The summed E-state index contributed by atoms with van der Waals surface area (Å²) in [7, 11) is 0. The third-order valence-corrected chi connectivity index (χ3v) is 7.78. The van der Waals surface area contributed by atoms with E-state index in [2.05, 4.69) is 18.7 Å². The molecule has 1 aliphatic rings. The van der Waals surface area contributed by atoms with Crippen LogP contribution >= 0.6 is 0 Å². The summed E-state index contributed by atoms with van der Waals surface area (Å²) in [5.74, 6) is 0.485. The van der Waals surface area contributed by atoms with Crippen molar-refractivity contribution in [3.63, 3.8) is 0 Å². The van der Waals surface area contributed by atoms with Crippen LogP contribution in [0.3, 0.4) is 0 Å². The minimum atomic E-state index is -0.961. The quantitative estimate of drug-likeness (QED) is 0.159. The van der Waals surface area contributed by atoms with Gasteiger partial charge in [-0.2, -0.15) is 0 Å². The number of esters is 1. The van der Waals surface area contributed by atoms with Gasteiger partial charge in [-0.3, -0.25) is 9.97 Å². The van der Waals surface area contributed by atoms with E-state index in [9.17, 15) is 9.18 Å². The lowest BCUT2D eigenvalue weighted by molar-refractivity contribution is -0.171. The van der Waals surface area contributed by atoms with E-state index in [0.717, 1.165) is 42.7 Å². The zero-order valence-corrected chi connectivity index (χ0v) is 28.2.